The Balaban J connectivity index is 2.03. The largest absolute Gasteiger partial charge is 0.501 e. The molecule has 20 heavy (non-hydrogen) atoms. The van der Waals surface area contributed by atoms with Crippen molar-refractivity contribution >= 4 is 7.82 Å². The minimum atomic E-state index is -4.13. The van der Waals surface area contributed by atoms with Crippen LogP contribution in [0.5, 0.6) is 0 Å². The average Bonchev–Trinajstić information content (AvgIpc) is 2.47. The van der Waals surface area contributed by atoms with Gasteiger partial charge < -0.3 is 4.89 Å². The first kappa shape index (κ1) is 15.7. The lowest BCUT2D eigenvalue weighted by atomic mass is 9.85. The highest BCUT2D eigenvalue weighted by molar-refractivity contribution is 7.47. The topological polar surface area (TPSA) is 68.2 Å². The van der Waals surface area contributed by atoms with Crippen LogP contribution in [0.15, 0.2) is 23.4 Å². The van der Waals surface area contributed by atoms with Gasteiger partial charge in [-0.15, -0.1) is 9.66 Å². The molecule has 1 N–H and O–H groups in total. The van der Waals surface area contributed by atoms with Gasteiger partial charge in [0.05, 0.1) is 6.54 Å². The first-order valence-electron chi connectivity index (χ1n) is 6.92. The van der Waals surface area contributed by atoms with Crippen LogP contribution < -0.4 is 0 Å². The number of hydroxylamine groups is 2. The Kier molecular flexibility index (Phi) is 5.41. The van der Waals surface area contributed by atoms with E-state index in [1.165, 1.54) is 29.9 Å². The summed E-state index contributed by atoms with van der Waals surface area (Å²) in [5, 5.41) is 1.53. The Morgan fingerprint density at radius 3 is 2.70 bits per heavy atom. The number of rotatable bonds is 5. The standard InChI is InChI=1S/C13H22NO5P/c1-11-8-9-14(18-19-20(15,16)17-2)13(10-11)12-6-4-3-5-7-12/h8,10,12H,3-7,9H2,1-2H3,(H,15,16). The van der Waals surface area contributed by atoms with Crippen LogP contribution in [0.1, 0.15) is 39.0 Å². The zero-order chi connectivity index (χ0) is 14.6. The zero-order valence-corrected chi connectivity index (χ0v) is 12.8. The van der Waals surface area contributed by atoms with Gasteiger partial charge in [0.15, 0.2) is 0 Å². The van der Waals surface area contributed by atoms with E-state index < -0.39 is 7.82 Å². The molecule has 0 amide bonds. The maximum absolute atomic E-state index is 11.3. The van der Waals surface area contributed by atoms with Gasteiger partial charge in [0, 0.05) is 18.7 Å². The maximum Gasteiger partial charge on any atom is 0.501 e. The molecule has 0 saturated heterocycles. The molecule has 1 aliphatic carbocycles. The summed E-state index contributed by atoms with van der Waals surface area (Å²) in [6.45, 7) is 2.53. The fraction of sp³-hybridized carbons (Fsp3) is 0.692. The van der Waals surface area contributed by atoms with Gasteiger partial charge in [-0.25, -0.2) is 9.63 Å². The molecule has 6 nitrogen and oxygen atoms in total. The van der Waals surface area contributed by atoms with E-state index in [4.69, 9.17) is 4.99 Å². The molecule has 1 aliphatic heterocycles. The van der Waals surface area contributed by atoms with E-state index in [0.29, 0.717) is 12.5 Å². The van der Waals surface area contributed by atoms with Crippen molar-refractivity contribution in [3.05, 3.63) is 23.4 Å². The molecule has 1 heterocycles. The van der Waals surface area contributed by atoms with Crippen molar-refractivity contribution in [3.63, 3.8) is 0 Å². The van der Waals surface area contributed by atoms with E-state index in [1.807, 2.05) is 13.0 Å². The van der Waals surface area contributed by atoms with E-state index in [0.717, 1.165) is 25.6 Å². The van der Waals surface area contributed by atoms with Crippen LogP contribution in [0, 0.1) is 5.92 Å². The van der Waals surface area contributed by atoms with E-state index in [1.54, 1.807) is 0 Å². The summed E-state index contributed by atoms with van der Waals surface area (Å²) in [6, 6.07) is 0. The number of hydrogen-bond donors (Lipinski definition) is 1. The van der Waals surface area contributed by atoms with Gasteiger partial charge in [0.1, 0.15) is 0 Å². The number of phosphoric ester groups is 1. The number of allylic oxidation sites excluding steroid dienone is 3. The van der Waals surface area contributed by atoms with Crippen LogP contribution in [0.2, 0.25) is 0 Å². The summed E-state index contributed by atoms with van der Waals surface area (Å²) in [6.07, 6.45) is 9.93. The Bertz CT molecular complexity index is 442. The van der Waals surface area contributed by atoms with Gasteiger partial charge in [-0.05, 0) is 25.8 Å². The van der Waals surface area contributed by atoms with Gasteiger partial charge >= 0.3 is 7.82 Å². The molecule has 1 fully saturated rings. The highest BCUT2D eigenvalue weighted by atomic mass is 31.2. The molecule has 2 aliphatic rings. The Labute approximate surface area is 119 Å². The van der Waals surface area contributed by atoms with Crippen molar-refractivity contribution in [3.8, 4) is 0 Å². The minimum Gasteiger partial charge on any atom is -0.301 e. The zero-order valence-electron chi connectivity index (χ0n) is 11.9. The molecule has 0 aromatic rings. The minimum absolute atomic E-state index is 0.414. The van der Waals surface area contributed by atoms with E-state index in [9.17, 15) is 9.46 Å². The summed E-state index contributed by atoms with van der Waals surface area (Å²) >= 11 is 0. The first-order valence-corrected chi connectivity index (χ1v) is 8.42. The predicted octanol–water partition coefficient (Wildman–Crippen LogP) is 3.32. The van der Waals surface area contributed by atoms with Crippen LogP contribution in [0.4, 0.5) is 0 Å². The molecule has 2 rings (SSSR count). The molecule has 1 unspecified atom stereocenters. The Hall–Kier alpha value is -0.650. The van der Waals surface area contributed by atoms with Crippen molar-refractivity contribution in [2.75, 3.05) is 13.7 Å². The molecule has 7 heteroatoms. The fourth-order valence-corrected chi connectivity index (χ4v) is 2.83. The van der Waals surface area contributed by atoms with Crippen molar-refractivity contribution in [1.29, 1.82) is 0 Å². The van der Waals surface area contributed by atoms with E-state index in [2.05, 4.69) is 15.3 Å². The summed E-state index contributed by atoms with van der Waals surface area (Å²) in [4.78, 5) is 14.3. The van der Waals surface area contributed by atoms with Crippen molar-refractivity contribution in [2.45, 2.75) is 39.0 Å². The van der Waals surface area contributed by atoms with Crippen molar-refractivity contribution in [2.24, 2.45) is 5.92 Å². The Morgan fingerprint density at radius 1 is 1.35 bits per heavy atom. The van der Waals surface area contributed by atoms with Gasteiger partial charge in [-0.3, -0.25) is 4.52 Å². The van der Waals surface area contributed by atoms with Crippen molar-refractivity contribution in [1.82, 2.24) is 5.06 Å². The second-order valence-corrected chi connectivity index (χ2v) is 6.66. The monoisotopic (exact) mass is 303 g/mol. The van der Waals surface area contributed by atoms with Crippen LogP contribution in [0.25, 0.3) is 0 Å². The predicted molar refractivity (Wildman–Crippen MR) is 74.1 cm³/mol. The van der Waals surface area contributed by atoms with Gasteiger partial charge in [0.25, 0.3) is 0 Å². The molecular weight excluding hydrogens is 281 g/mol. The summed E-state index contributed by atoms with van der Waals surface area (Å²) in [5.41, 5.74) is 2.19. The van der Waals surface area contributed by atoms with Crippen LogP contribution in [0.3, 0.4) is 0 Å². The molecular formula is C13H22NO5P. The quantitative estimate of drug-likeness (QED) is 0.477. The molecule has 0 bridgehead atoms. The highest BCUT2D eigenvalue weighted by Gasteiger charge is 2.28. The van der Waals surface area contributed by atoms with Gasteiger partial charge in [0.2, 0.25) is 0 Å². The third-order valence-corrected chi connectivity index (χ3v) is 4.43. The molecule has 0 radical (unpaired) electrons. The summed E-state index contributed by atoms with van der Waals surface area (Å²) in [5.74, 6) is 0.414. The van der Waals surface area contributed by atoms with Crippen LogP contribution >= 0.6 is 7.82 Å². The SMILES string of the molecule is COP(=O)(O)OON1CC=C(C)C=C1C1CCCCC1. The van der Waals surface area contributed by atoms with E-state index in [-0.39, 0.29) is 0 Å². The molecule has 0 aromatic heterocycles. The van der Waals surface area contributed by atoms with Crippen molar-refractivity contribution < 1.29 is 23.6 Å². The second kappa shape index (κ2) is 6.87. The van der Waals surface area contributed by atoms with Gasteiger partial charge in [-0.1, -0.05) is 30.9 Å². The van der Waals surface area contributed by atoms with Crippen LogP contribution in [-0.4, -0.2) is 23.6 Å². The molecule has 114 valence electrons. The number of hydrogen-bond acceptors (Lipinski definition) is 5. The number of nitrogens with zero attached hydrogens (tertiary/aromatic N) is 1. The lowest BCUT2D eigenvalue weighted by Crippen LogP contribution is -2.31. The molecule has 0 aromatic carbocycles. The normalized spacial score (nSPS) is 24.1. The molecule has 1 atom stereocenters. The smallest absolute Gasteiger partial charge is 0.301 e. The number of phosphoric acid groups is 1. The lowest BCUT2D eigenvalue weighted by molar-refractivity contribution is -0.363. The summed E-state index contributed by atoms with van der Waals surface area (Å²) < 4.78 is 20.1. The Morgan fingerprint density at radius 2 is 2.05 bits per heavy atom. The molecule has 0 spiro atoms. The van der Waals surface area contributed by atoms with Crippen LogP contribution in [-0.2, 0) is 18.8 Å². The lowest BCUT2D eigenvalue weighted by Gasteiger charge is -2.33. The fourth-order valence-electron chi connectivity index (χ4n) is 2.60. The highest BCUT2D eigenvalue weighted by Crippen LogP contribution is 2.43. The third kappa shape index (κ3) is 4.17. The van der Waals surface area contributed by atoms with E-state index >= 15 is 0 Å². The average molecular weight is 303 g/mol. The summed E-state index contributed by atoms with van der Waals surface area (Å²) in [7, 11) is -3.03. The van der Waals surface area contributed by atoms with Gasteiger partial charge in [-0.2, -0.15) is 0 Å². The molecule has 1 saturated carbocycles. The third-order valence-electron chi connectivity index (χ3n) is 3.71. The first-order chi connectivity index (χ1) is 9.52. The maximum atomic E-state index is 11.3. The second-order valence-electron chi connectivity index (χ2n) is 5.21.